The number of nitrogens with one attached hydrogen (secondary N) is 1. The van der Waals surface area contributed by atoms with Gasteiger partial charge < -0.3 is 16.2 Å². The standard InChI is InChI=1S/C8H10N6O/c1-15-7-5(9)2-4(3-6(7)10)8-11-13-14-12-8/h2-3H,9-10H2,1H3,(H,11,12,13,14). The molecular weight excluding hydrogens is 196 g/mol. The van der Waals surface area contributed by atoms with Crippen LogP contribution in [0.4, 0.5) is 11.4 Å². The van der Waals surface area contributed by atoms with E-state index in [-0.39, 0.29) is 0 Å². The summed E-state index contributed by atoms with van der Waals surface area (Å²) >= 11 is 0. The molecule has 1 heterocycles. The molecule has 0 fully saturated rings. The average molecular weight is 206 g/mol. The smallest absolute Gasteiger partial charge is 0.204 e. The number of nitrogen functional groups attached to an aromatic ring is 2. The zero-order valence-corrected chi connectivity index (χ0v) is 8.06. The van der Waals surface area contributed by atoms with Crippen LogP contribution >= 0.6 is 0 Å². The number of aromatic amines is 1. The van der Waals surface area contributed by atoms with Crippen LogP contribution in [-0.4, -0.2) is 27.7 Å². The fourth-order valence-corrected chi connectivity index (χ4v) is 1.32. The van der Waals surface area contributed by atoms with E-state index in [4.69, 9.17) is 16.2 Å². The second kappa shape index (κ2) is 3.45. The number of nitrogens with zero attached hydrogens (tertiary/aromatic N) is 3. The van der Waals surface area contributed by atoms with Gasteiger partial charge in [0.1, 0.15) is 0 Å². The van der Waals surface area contributed by atoms with Crippen LogP contribution in [-0.2, 0) is 0 Å². The molecule has 0 radical (unpaired) electrons. The van der Waals surface area contributed by atoms with Crippen LogP contribution in [0.3, 0.4) is 0 Å². The third-order valence-corrected chi connectivity index (χ3v) is 1.95. The van der Waals surface area contributed by atoms with Crippen LogP contribution in [0.25, 0.3) is 11.4 Å². The summed E-state index contributed by atoms with van der Waals surface area (Å²) in [4.78, 5) is 0. The Hall–Kier alpha value is -2.31. The molecular formula is C8H10N6O. The van der Waals surface area contributed by atoms with Crippen molar-refractivity contribution >= 4 is 11.4 Å². The van der Waals surface area contributed by atoms with Crippen LogP contribution in [0.15, 0.2) is 12.1 Å². The van der Waals surface area contributed by atoms with E-state index < -0.39 is 0 Å². The van der Waals surface area contributed by atoms with Crippen molar-refractivity contribution in [3.63, 3.8) is 0 Å². The van der Waals surface area contributed by atoms with Gasteiger partial charge in [-0.15, -0.1) is 10.2 Å². The Morgan fingerprint density at radius 3 is 2.40 bits per heavy atom. The number of hydrogen-bond donors (Lipinski definition) is 3. The van der Waals surface area contributed by atoms with Crippen LogP contribution < -0.4 is 16.2 Å². The van der Waals surface area contributed by atoms with E-state index >= 15 is 0 Å². The fraction of sp³-hybridized carbons (Fsp3) is 0.125. The van der Waals surface area contributed by atoms with Gasteiger partial charge >= 0.3 is 0 Å². The van der Waals surface area contributed by atoms with Crippen molar-refractivity contribution in [1.82, 2.24) is 20.6 Å². The maximum atomic E-state index is 5.75. The lowest BCUT2D eigenvalue weighted by Gasteiger charge is -2.08. The van der Waals surface area contributed by atoms with Gasteiger partial charge in [0.25, 0.3) is 0 Å². The lowest BCUT2D eigenvalue weighted by Crippen LogP contribution is -1.98. The van der Waals surface area contributed by atoms with E-state index in [1.165, 1.54) is 7.11 Å². The fourth-order valence-electron chi connectivity index (χ4n) is 1.32. The van der Waals surface area contributed by atoms with Crippen LogP contribution in [0.2, 0.25) is 0 Å². The quantitative estimate of drug-likeness (QED) is 0.597. The normalized spacial score (nSPS) is 10.2. The maximum absolute atomic E-state index is 5.75. The molecule has 7 nitrogen and oxygen atoms in total. The van der Waals surface area contributed by atoms with Gasteiger partial charge in [-0.25, -0.2) is 0 Å². The molecule has 5 N–H and O–H groups in total. The minimum absolute atomic E-state index is 0.441. The first-order valence-electron chi connectivity index (χ1n) is 4.19. The van der Waals surface area contributed by atoms with Gasteiger partial charge in [-0.05, 0) is 17.3 Å². The van der Waals surface area contributed by atoms with E-state index in [0.717, 1.165) is 0 Å². The van der Waals surface area contributed by atoms with E-state index in [9.17, 15) is 0 Å². The number of rotatable bonds is 2. The number of methoxy groups -OCH3 is 1. The van der Waals surface area contributed by atoms with Crippen molar-refractivity contribution < 1.29 is 4.74 Å². The number of hydrogen-bond acceptors (Lipinski definition) is 6. The second-order valence-corrected chi connectivity index (χ2v) is 2.92. The molecule has 7 heteroatoms. The van der Waals surface area contributed by atoms with E-state index in [0.29, 0.717) is 28.5 Å². The molecule has 0 atom stereocenters. The molecule has 0 aliphatic rings. The highest BCUT2D eigenvalue weighted by Gasteiger charge is 2.10. The minimum Gasteiger partial charge on any atom is -0.492 e. The number of benzene rings is 1. The summed E-state index contributed by atoms with van der Waals surface area (Å²) in [6, 6.07) is 3.36. The predicted molar refractivity (Wildman–Crippen MR) is 55.0 cm³/mol. The zero-order valence-electron chi connectivity index (χ0n) is 8.06. The predicted octanol–water partition coefficient (Wildman–Crippen LogP) is 0.0397. The summed E-state index contributed by atoms with van der Waals surface area (Å²) in [5.41, 5.74) is 13.1. The molecule has 15 heavy (non-hydrogen) atoms. The van der Waals surface area contributed by atoms with Gasteiger partial charge in [-0.1, -0.05) is 0 Å². The Labute approximate surface area is 85.4 Å². The number of aromatic nitrogens is 4. The van der Waals surface area contributed by atoms with Crippen molar-refractivity contribution in [2.75, 3.05) is 18.6 Å². The number of anilines is 2. The van der Waals surface area contributed by atoms with E-state index in [2.05, 4.69) is 20.6 Å². The molecule has 0 saturated carbocycles. The van der Waals surface area contributed by atoms with Gasteiger partial charge in [0.2, 0.25) is 5.82 Å². The molecule has 1 aromatic carbocycles. The van der Waals surface area contributed by atoms with Gasteiger partial charge in [0.15, 0.2) is 5.75 Å². The lowest BCUT2D eigenvalue weighted by atomic mass is 10.1. The van der Waals surface area contributed by atoms with Gasteiger partial charge in [0.05, 0.1) is 18.5 Å². The van der Waals surface area contributed by atoms with Crippen molar-refractivity contribution in [3.05, 3.63) is 12.1 Å². The molecule has 0 amide bonds. The molecule has 2 aromatic rings. The Morgan fingerprint density at radius 1 is 1.27 bits per heavy atom. The molecule has 2 rings (SSSR count). The van der Waals surface area contributed by atoms with Gasteiger partial charge in [-0.3, -0.25) is 0 Å². The Bertz CT molecular complexity index is 443. The molecule has 0 aliphatic heterocycles. The average Bonchev–Trinajstić information content (AvgIpc) is 2.69. The highest BCUT2D eigenvalue weighted by molar-refractivity contribution is 5.76. The van der Waals surface area contributed by atoms with E-state index in [1.807, 2.05) is 0 Å². The first kappa shape index (κ1) is 9.25. The molecule has 0 bridgehead atoms. The van der Waals surface area contributed by atoms with E-state index in [1.54, 1.807) is 12.1 Å². The number of tetrazole rings is 1. The first-order chi connectivity index (χ1) is 7.22. The van der Waals surface area contributed by atoms with Crippen molar-refractivity contribution in [2.24, 2.45) is 0 Å². The van der Waals surface area contributed by atoms with Crippen molar-refractivity contribution in [2.45, 2.75) is 0 Å². The molecule has 0 saturated heterocycles. The Morgan fingerprint density at radius 2 is 1.93 bits per heavy atom. The van der Waals surface area contributed by atoms with Gasteiger partial charge in [-0.2, -0.15) is 5.21 Å². The molecule has 78 valence electrons. The minimum atomic E-state index is 0.441. The highest BCUT2D eigenvalue weighted by atomic mass is 16.5. The number of H-pyrrole nitrogens is 1. The zero-order chi connectivity index (χ0) is 10.8. The summed E-state index contributed by atoms with van der Waals surface area (Å²) in [7, 11) is 1.51. The topological polar surface area (TPSA) is 116 Å². The number of nitrogens with two attached hydrogens (primary N) is 2. The van der Waals surface area contributed by atoms with Gasteiger partial charge in [0, 0.05) is 5.56 Å². The SMILES string of the molecule is COc1c(N)cc(-c2nn[nH]n2)cc1N. The summed E-state index contributed by atoms with van der Waals surface area (Å²) in [6.07, 6.45) is 0. The van der Waals surface area contributed by atoms with Crippen LogP contribution in [0, 0.1) is 0 Å². The Balaban J connectivity index is 2.53. The van der Waals surface area contributed by atoms with Crippen molar-refractivity contribution in [3.8, 4) is 17.1 Å². The third kappa shape index (κ3) is 1.54. The van der Waals surface area contributed by atoms with Crippen molar-refractivity contribution in [1.29, 1.82) is 0 Å². The number of ether oxygens (including phenoxy) is 1. The monoisotopic (exact) mass is 206 g/mol. The second-order valence-electron chi connectivity index (χ2n) is 2.92. The summed E-state index contributed by atoms with van der Waals surface area (Å²) < 4.78 is 5.03. The highest BCUT2D eigenvalue weighted by Crippen LogP contribution is 2.32. The lowest BCUT2D eigenvalue weighted by molar-refractivity contribution is 0.419. The molecule has 0 unspecified atom stereocenters. The first-order valence-corrected chi connectivity index (χ1v) is 4.19. The summed E-state index contributed by atoms with van der Waals surface area (Å²) in [5.74, 6) is 0.901. The van der Waals surface area contributed by atoms with Crippen LogP contribution in [0.1, 0.15) is 0 Å². The van der Waals surface area contributed by atoms with Crippen LogP contribution in [0.5, 0.6) is 5.75 Å². The Kier molecular flexibility index (Phi) is 2.13. The molecule has 1 aromatic heterocycles. The summed E-state index contributed by atoms with van der Waals surface area (Å²) in [5, 5.41) is 13.5. The largest absolute Gasteiger partial charge is 0.492 e. The summed E-state index contributed by atoms with van der Waals surface area (Å²) in [6.45, 7) is 0. The maximum Gasteiger partial charge on any atom is 0.204 e. The molecule has 0 spiro atoms. The third-order valence-electron chi connectivity index (χ3n) is 1.95. The molecule has 0 aliphatic carbocycles.